The second-order valence-electron chi connectivity index (χ2n) is 6.83. The molecule has 1 amide bonds. The van der Waals surface area contributed by atoms with E-state index < -0.39 is 14.9 Å². The average molecular weight is 469 g/mol. The molecule has 1 saturated heterocycles. The molecule has 0 unspecified atom stereocenters. The van der Waals surface area contributed by atoms with Crippen LogP contribution in [0.25, 0.3) is 0 Å². The van der Waals surface area contributed by atoms with E-state index in [1.165, 1.54) is 29.6 Å². The highest BCUT2D eigenvalue weighted by molar-refractivity contribution is 7.89. The van der Waals surface area contributed by atoms with E-state index in [1.807, 2.05) is 4.90 Å². The number of sulfonamides is 1. The number of nitro benzene ring substituents is 1. The zero-order valence-corrected chi connectivity index (χ0v) is 18.2. The van der Waals surface area contributed by atoms with Crippen molar-refractivity contribution in [1.82, 2.24) is 9.21 Å². The standard InChI is InChI=1S/C19H21ClN4O6S/c1-30-18-6-5-14(11-17(18)20)21-19(25)13-22-7-9-23(10-8-22)31(28,29)16-4-2-3-15(12-16)24(26)27/h2-6,11-12H,7-10,13H2,1H3,(H,21,25). The largest absolute Gasteiger partial charge is 0.495 e. The minimum absolute atomic E-state index is 0.0916. The smallest absolute Gasteiger partial charge is 0.270 e. The van der Waals surface area contributed by atoms with Crippen LogP contribution < -0.4 is 10.1 Å². The number of nitro groups is 1. The van der Waals surface area contributed by atoms with Crippen molar-refractivity contribution in [2.24, 2.45) is 0 Å². The van der Waals surface area contributed by atoms with E-state index in [0.29, 0.717) is 29.5 Å². The highest BCUT2D eigenvalue weighted by atomic mass is 35.5. The predicted molar refractivity (Wildman–Crippen MR) is 115 cm³/mol. The number of nitrogens with one attached hydrogen (secondary N) is 1. The molecule has 0 aromatic heterocycles. The van der Waals surface area contributed by atoms with Gasteiger partial charge in [0.25, 0.3) is 5.69 Å². The van der Waals surface area contributed by atoms with Gasteiger partial charge in [-0.25, -0.2) is 8.42 Å². The van der Waals surface area contributed by atoms with E-state index in [2.05, 4.69) is 5.32 Å². The maximum Gasteiger partial charge on any atom is 0.270 e. The lowest BCUT2D eigenvalue weighted by atomic mass is 10.3. The van der Waals surface area contributed by atoms with E-state index in [9.17, 15) is 23.3 Å². The Morgan fingerprint density at radius 1 is 1.19 bits per heavy atom. The fourth-order valence-electron chi connectivity index (χ4n) is 3.18. The molecule has 0 aliphatic carbocycles. The van der Waals surface area contributed by atoms with Gasteiger partial charge in [-0.3, -0.25) is 19.8 Å². The number of rotatable bonds is 7. The molecule has 0 radical (unpaired) electrons. The zero-order valence-electron chi connectivity index (χ0n) is 16.7. The van der Waals surface area contributed by atoms with Gasteiger partial charge in [-0.15, -0.1) is 0 Å². The number of carbonyl (C=O) groups excluding carboxylic acids is 1. The van der Waals surface area contributed by atoms with Gasteiger partial charge in [0.1, 0.15) is 5.75 Å². The molecule has 1 aliphatic rings. The summed E-state index contributed by atoms with van der Waals surface area (Å²) in [6, 6.07) is 9.88. The summed E-state index contributed by atoms with van der Waals surface area (Å²) in [7, 11) is -2.36. The highest BCUT2D eigenvalue weighted by Gasteiger charge is 2.30. The molecule has 3 rings (SSSR count). The predicted octanol–water partition coefficient (Wildman–Crippen LogP) is 2.20. The van der Waals surface area contributed by atoms with Crippen molar-refractivity contribution in [3.63, 3.8) is 0 Å². The molecule has 12 heteroatoms. The van der Waals surface area contributed by atoms with Crippen LogP contribution in [0.15, 0.2) is 47.4 Å². The Hall–Kier alpha value is -2.73. The minimum atomic E-state index is -3.85. The molecule has 1 N–H and O–H groups in total. The molecule has 166 valence electrons. The third-order valence-corrected chi connectivity index (χ3v) is 6.99. The third kappa shape index (κ3) is 5.50. The Balaban J connectivity index is 1.56. The summed E-state index contributed by atoms with van der Waals surface area (Å²) in [6.45, 7) is 1.14. The number of benzene rings is 2. The van der Waals surface area contributed by atoms with Crippen LogP contribution in [0.2, 0.25) is 5.02 Å². The molecule has 1 aliphatic heterocycles. The molecule has 0 atom stereocenters. The van der Waals surface area contributed by atoms with Crippen LogP contribution in [0, 0.1) is 10.1 Å². The number of piperazine rings is 1. The Kier molecular flexibility index (Phi) is 7.11. The van der Waals surface area contributed by atoms with Crippen molar-refractivity contribution in [1.29, 1.82) is 0 Å². The normalized spacial score (nSPS) is 15.4. The van der Waals surface area contributed by atoms with Gasteiger partial charge in [0.05, 0.1) is 28.5 Å². The van der Waals surface area contributed by atoms with Gasteiger partial charge in [0.15, 0.2) is 0 Å². The van der Waals surface area contributed by atoms with Gasteiger partial charge in [-0.1, -0.05) is 17.7 Å². The monoisotopic (exact) mass is 468 g/mol. The SMILES string of the molecule is COc1ccc(NC(=O)CN2CCN(S(=O)(=O)c3cccc([N+](=O)[O-])c3)CC2)cc1Cl. The van der Waals surface area contributed by atoms with Gasteiger partial charge in [0.2, 0.25) is 15.9 Å². The first-order valence-electron chi connectivity index (χ1n) is 9.31. The summed E-state index contributed by atoms with van der Waals surface area (Å²) >= 11 is 6.05. The van der Waals surface area contributed by atoms with E-state index in [0.717, 1.165) is 6.07 Å². The molecule has 1 fully saturated rings. The number of non-ortho nitro benzene ring substituents is 1. The van der Waals surface area contributed by atoms with E-state index in [-0.39, 0.29) is 36.1 Å². The number of hydrogen-bond donors (Lipinski definition) is 1. The first kappa shape index (κ1) is 22.9. The molecule has 0 bridgehead atoms. The maximum atomic E-state index is 12.8. The molecule has 31 heavy (non-hydrogen) atoms. The fraction of sp³-hybridized carbons (Fsp3) is 0.316. The van der Waals surface area contributed by atoms with Gasteiger partial charge in [0, 0.05) is 44.0 Å². The summed E-state index contributed by atoms with van der Waals surface area (Å²) in [4.78, 5) is 24.3. The lowest BCUT2D eigenvalue weighted by molar-refractivity contribution is -0.385. The quantitative estimate of drug-likeness (QED) is 0.488. The first-order valence-corrected chi connectivity index (χ1v) is 11.1. The van der Waals surface area contributed by atoms with Crippen LogP contribution in [0.3, 0.4) is 0 Å². The van der Waals surface area contributed by atoms with Crippen molar-refractivity contribution >= 4 is 38.9 Å². The van der Waals surface area contributed by atoms with Crippen molar-refractivity contribution in [2.75, 3.05) is 45.2 Å². The minimum Gasteiger partial charge on any atom is -0.495 e. The number of anilines is 1. The number of nitrogens with zero attached hydrogens (tertiary/aromatic N) is 3. The molecule has 0 saturated carbocycles. The van der Waals surface area contributed by atoms with Gasteiger partial charge < -0.3 is 10.1 Å². The topological polar surface area (TPSA) is 122 Å². The average Bonchev–Trinajstić information content (AvgIpc) is 2.74. The lowest BCUT2D eigenvalue weighted by Crippen LogP contribution is -2.50. The van der Waals surface area contributed by atoms with Crippen LogP contribution in [0.1, 0.15) is 0 Å². The van der Waals surface area contributed by atoms with Crippen LogP contribution in [-0.4, -0.2) is 68.3 Å². The summed E-state index contributed by atoms with van der Waals surface area (Å²) < 4.78 is 31.9. The maximum absolute atomic E-state index is 12.8. The molecule has 0 spiro atoms. The number of methoxy groups -OCH3 is 1. The zero-order chi connectivity index (χ0) is 22.6. The van der Waals surface area contributed by atoms with Crippen molar-refractivity contribution in [3.8, 4) is 5.75 Å². The second kappa shape index (κ2) is 9.60. The Morgan fingerprint density at radius 3 is 2.52 bits per heavy atom. The summed E-state index contributed by atoms with van der Waals surface area (Å²) in [5, 5.41) is 14.0. The van der Waals surface area contributed by atoms with Crippen LogP contribution in [0.5, 0.6) is 5.75 Å². The third-order valence-electron chi connectivity index (χ3n) is 4.80. The number of hydrogen-bond acceptors (Lipinski definition) is 7. The van der Waals surface area contributed by atoms with Crippen molar-refractivity contribution < 1.29 is 22.9 Å². The Labute approximate surface area is 184 Å². The number of halogens is 1. The van der Waals surface area contributed by atoms with Crippen molar-refractivity contribution in [2.45, 2.75) is 4.90 Å². The molecule has 2 aromatic rings. The number of carbonyl (C=O) groups is 1. The van der Waals surface area contributed by atoms with Gasteiger partial charge >= 0.3 is 0 Å². The van der Waals surface area contributed by atoms with Crippen LogP contribution in [-0.2, 0) is 14.8 Å². The van der Waals surface area contributed by atoms with Gasteiger partial charge in [-0.05, 0) is 24.3 Å². The Bertz CT molecular complexity index is 1090. The molecule has 2 aromatic carbocycles. The number of ether oxygens (including phenoxy) is 1. The summed E-state index contributed by atoms with van der Waals surface area (Å²) in [5.41, 5.74) is 0.248. The van der Waals surface area contributed by atoms with Crippen molar-refractivity contribution in [3.05, 3.63) is 57.6 Å². The summed E-state index contributed by atoms with van der Waals surface area (Å²) in [6.07, 6.45) is 0. The van der Waals surface area contributed by atoms with E-state index in [4.69, 9.17) is 16.3 Å². The van der Waals surface area contributed by atoms with Crippen LogP contribution in [0.4, 0.5) is 11.4 Å². The highest BCUT2D eigenvalue weighted by Crippen LogP contribution is 2.27. The summed E-state index contributed by atoms with van der Waals surface area (Å²) in [5.74, 6) is 0.247. The van der Waals surface area contributed by atoms with Gasteiger partial charge in [-0.2, -0.15) is 4.31 Å². The molecule has 10 nitrogen and oxygen atoms in total. The first-order chi connectivity index (χ1) is 14.7. The lowest BCUT2D eigenvalue weighted by Gasteiger charge is -2.33. The molecule has 1 heterocycles. The van der Waals surface area contributed by atoms with E-state index in [1.54, 1.807) is 18.2 Å². The van der Waals surface area contributed by atoms with Crippen LogP contribution >= 0.6 is 11.6 Å². The fourth-order valence-corrected chi connectivity index (χ4v) is 4.90. The molecular formula is C19H21ClN4O6S. The molecular weight excluding hydrogens is 448 g/mol. The second-order valence-corrected chi connectivity index (χ2v) is 9.18. The number of amides is 1. The van der Waals surface area contributed by atoms with E-state index >= 15 is 0 Å². The Morgan fingerprint density at radius 2 is 1.90 bits per heavy atom.